The number of carbonyl (C=O) groups excluding carboxylic acids is 1. The van der Waals surface area contributed by atoms with Crippen LogP contribution >= 0.6 is 0 Å². The highest BCUT2D eigenvalue weighted by atomic mass is 32.2. The normalized spacial score (nSPS) is 17.2. The molecule has 1 aliphatic heterocycles. The van der Waals surface area contributed by atoms with Crippen LogP contribution in [0.3, 0.4) is 0 Å². The van der Waals surface area contributed by atoms with Gasteiger partial charge in [0.1, 0.15) is 6.07 Å². The standard InChI is InChI=1S/C11H9NO3S/c12-7-10(13)8-3-4-11-9(6-8)2-1-5-16(11,14)15/h3-4,6H,1-2,5H2. The molecule has 1 aromatic rings. The summed E-state index contributed by atoms with van der Waals surface area (Å²) in [7, 11) is -3.19. The summed E-state index contributed by atoms with van der Waals surface area (Å²) in [6, 6.07) is 5.85. The van der Waals surface area contributed by atoms with Crippen LogP contribution in [-0.2, 0) is 16.3 Å². The van der Waals surface area contributed by atoms with Gasteiger partial charge in [-0.15, -0.1) is 0 Å². The number of hydrogen-bond donors (Lipinski definition) is 0. The van der Waals surface area contributed by atoms with Crippen LogP contribution in [0, 0.1) is 11.3 Å². The number of carbonyl (C=O) groups is 1. The predicted molar refractivity (Wildman–Crippen MR) is 56.8 cm³/mol. The Kier molecular flexibility index (Phi) is 2.52. The molecule has 0 unspecified atom stereocenters. The highest BCUT2D eigenvalue weighted by Gasteiger charge is 2.24. The number of aryl methyl sites for hydroxylation is 1. The molecule has 1 aliphatic rings. The van der Waals surface area contributed by atoms with Crippen molar-refractivity contribution >= 4 is 15.6 Å². The van der Waals surface area contributed by atoms with Crippen LogP contribution in [-0.4, -0.2) is 20.0 Å². The van der Waals surface area contributed by atoms with Crippen LogP contribution in [0.4, 0.5) is 0 Å². The first-order valence-corrected chi connectivity index (χ1v) is 6.50. The van der Waals surface area contributed by atoms with E-state index in [2.05, 4.69) is 0 Å². The number of fused-ring (bicyclic) bond motifs is 1. The zero-order valence-corrected chi connectivity index (χ0v) is 9.25. The van der Waals surface area contributed by atoms with E-state index in [1.807, 2.05) is 0 Å². The summed E-state index contributed by atoms with van der Waals surface area (Å²) in [5.41, 5.74) is 0.908. The van der Waals surface area contributed by atoms with Crippen molar-refractivity contribution in [3.8, 4) is 6.07 Å². The Bertz CT molecular complexity index is 596. The predicted octanol–water partition coefficient (Wildman–Crippen LogP) is 1.11. The molecular weight excluding hydrogens is 226 g/mol. The van der Waals surface area contributed by atoms with E-state index < -0.39 is 15.6 Å². The van der Waals surface area contributed by atoms with Gasteiger partial charge in [0.15, 0.2) is 9.84 Å². The van der Waals surface area contributed by atoms with E-state index in [4.69, 9.17) is 5.26 Å². The van der Waals surface area contributed by atoms with Crippen molar-refractivity contribution in [1.82, 2.24) is 0 Å². The van der Waals surface area contributed by atoms with Crippen molar-refractivity contribution in [3.05, 3.63) is 29.3 Å². The van der Waals surface area contributed by atoms with Crippen molar-refractivity contribution in [1.29, 1.82) is 5.26 Å². The van der Waals surface area contributed by atoms with Gasteiger partial charge in [-0.1, -0.05) is 0 Å². The molecule has 0 saturated heterocycles. The molecule has 5 heteroatoms. The number of nitriles is 1. The third-order valence-electron chi connectivity index (χ3n) is 2.62. The zero-order valence-electron chi connectivity index (χ0n) is 8.43. The molecule has 16 heavy (non-hydrogen) atoms. The first kappa shape index (κ1) is 10.8. The molecule has 0 atom stereocenters. The summed E-state index contributed by atoms with van der Waals surface area (Å²) in [4.78, 5) is 11.4. The van der Waals surface area contributed by atoms with Crippen molar-refractivity contribution in [2.45, 2.75) is 17.7 Å². The fourth-order valence-electron chi connectivity index (χ4n) is 1.85. The maximum atomic E-state index is 11.7. The molecule has 0 saturated carbocycles. The maximum absolute atomic E-state index is 11.7. The number of Topliss-reactive ketones (excluding diaryl/α,β-unsaturated/α-hetero) is 1. The van der Waals surface area contributed by atoms with Gasteiger partial charge in [0.2, 0.25) is 0 Å². The van der Waals surface area contributed by atoms with Gasteiger partial charge in [-0.2, -0.15) is 5.26 Å². The van der Waals surface area contributed by atoms with Gasteiger partial charge >= 0.3 is 0 Å². The summed E-state index contributed by atoms with van der Waals surface area (Å²) in [6.07, 6.45) is 1.21. The third-order valence-corrected chi connectivity index (χ3v) is 4.51. The molecule has 0 radical (unpaired) electrons. The highest BCUT2D eigenvalue weighted by molar-refractivity contribution is 7.91. The van der Waals surface area contributed by atoms with Gasteiger partial charge in [0.25, 0.3) is 5.78 Å². The number of nitrogens with zero attached hydrogens (tertiary/aromatic N) is 1. The van der Waals surface area contributed by atoms with Gasteiger partial charge in [-0.3, -0.25) is 4.79 Å². The van der Waals surface area contributed by atoms with E-state index in [1.54, 1.807) is 0 Å². The van der Waals surface area contributed by atoms with Crippen LogP contribution in [0.1, 0.15) is 22.3 Å². The number of ketones is 1. The minimum atomic E-state index is -3.19. The monoisotopic (exact) mass is 235 g/mol. The molecule has 0 bridgehead atoms. The quantitative estimate of drug-likeness (QED) is 0.540. The number of hydrogen-bond acceptors (Lipinski definition) is 4. The van der Waals surface area contributed by atoms with Crippen molar-refractivity contribution in [2.75, 3.05) is 5.75 Å². The third kappa shape index (κ3) is 1.72. The number of benzene rings is 1. The highest BCUT2D eigenvalue weighted by Crippen LogP contribution is 2.25. The Morgan fingerprint density at radius 2 is 2.12 bits per heavy atom. The van der Waals surface area contributed by atoms with Crippen LogP contribution in [0.15, 0.2) is 23.1 Å². The number of sulfone groups is 1. The van der Waals surface area contributed by atoms with Crippen LogP contribution in [0.25, 0.3) is 0 Å². The van der Waals surface area contributed by atoms with Gasteiger partial charge in [0, 0.05) is 5.56 Å². The van der Waals surface area contributed by atoms with E-state index in [-0.39, 0.29) is 11.3 Å². The second-order valence-electron chi connectivity index (χ2n) is 3.69. The molecule has 82 valence electrons. The summed E-state index contributed by atoms with van der Waals surface area (Å²) >= 11 is 0. The molecule has 0 aromatic heterocycles. The molecule has 1 heterocycles. The van der Waals surface area contributed by atoms with Crippen LogP contribution in [0.5, 0.6) is 0 Å². The van der Waals surface area contributed by atoms with Gasteiger partial charge < -0.3 is 0 Å². The Morgan fingerprint density at radius 1 is 1.38 bits per heavy atom. The maximum Gasteiger partial charge on any atom is 0.262 e. The second kappa shape index (κ2) is 3.72. The van der Waals surface area contributed by atoms with Crippen LogP contribution < -0.4 is 0 Å². The van der Waals surface area contributed by atoms with Gasteiger partial charge in [-0.25, -0.2) is 8.42 Å². The molecule has 0 fully saturated rings. The minimum Gasteiger partial charge on any atom is -0.277 e. The SMILES string of the molecule is N#CC(=O)c1ccc2c(c1)CCCS2(=O)=O. The lowest BCUT2D eigenvalue weighted by molar-refractivity contribution is 0.105. The lowest BCUT2D eigenvalue weighted by Crippen LogP contribution is -2.16. The average Bonchev–Trinajstić information content (AvgIpc) is 2.27. The lowest BCUT2D eigenvalue weighted by atomic mass is 10.0. The van der Waals surface area contributed by atoms with Crippen molar-refractivity contribution in [2.24, 2.45) is 0 Å². The molecule has 2 rings (SSSR count). The van der Waals surface area contributed by atoms with Crippen molar-refractivity contribution in [3.63, 3.8) is 0 Å². The summed E-state index contributed by atoms with van der Waals surface area (Å²) in [5.74, 6) is -0.475. The Labute approximate surface area is 93.4 Å². The fourth-order valence-corrected chi connectivity index (χ4v) is 3.43. The molecule has 0 amide bonds. The summed E-state index contributed by atoms with van der Waals surface area (Å²) in [5, 5.41) is 8.48. The van der Waals surface area contributed by atoms with Gasteiger partial charge in [-0.05, 0) is 36.6 Å². The Morgan fingerprint density at radius 3 is 2.81 bits per heavy atom. The fraction of sp³-hybridized carbons (Fsp3) is 0.273. The smallest absolute Gasteiger partial charge is 0.262 e. The Balaban J connectivity index is 2.57. The Hall–Kier alpha value is -1.67. The van der Waals surface area contributed by atoms with Crippen molar-refractivity contribution < 1.29 is 13.2 Å². The number of rotatable bonds is 1. The minimum absolute atomic E-state index is 0.158. The van der Waals surface area contributed by atoms with Crippen LogP contribution in [0.2, 0.25) is 0 Å². The summed E-state index contributed by atoms with van der Waals surface area (Å²) in [6.45, 7) is 0. The van der Waals surface area contributed by atoms with E-state index in [1.165, 1.54) is 24.3 Å². The summed E-state index contributed by atoms with van der Waals surface area (Å²) < 4.78 is 23.3. The molecule has 1 aromatic carbocycles. The van der Waals surface area contributed by atoms with E-state index in [0.717, 1.165) is 0 Å². The van der Waals surface area contributed by atoms with E-state index in [9.17, 15) is 13.2 Å². The second-order valence-corrected chi connectivity index (χ2v) is 5.76. The first-order valence-electron chi connectivity index (χ1n) is 4.85. The van der Waals surface area contributed by atoms with E-state index >= 15 is 0 Å². The van der Waals surface area contributed by atoms with E-state index in [0.29, 0.717) is 23.3 Å². The topological polar surface area (TPSA) is 75.0 Å². The molecular formula is C11H9NO3S. The zero-order chi connectivity index (χ0) is 11.8. The molecule has 4 nitrogen and oxygen atoms in total. The molecule has 0 spiro atoms. The largest absolute Gasteiger partial charge is 0.277 e. The lowest BCUT2D eigenvalue weighted by Gasteiger charge is -2.16. The molecule has 0 aliphatic carbocycles. The average molecular weight is 235 g/mol. The van der Waals surface area contributed by atoms with Gasteiger partial charge in [0.05, 0.1) is 10.6 Å². The molecule has 0 N–H and O–H groups in total. The first-order chi connectivity index (χ1) is 7.54.